The van der Waals surface area contributed by atoms with Crippen molar-refractivity contribution in [3.8, 4) is 0 Å². The van der Waals surface area contributed by atoms with Crippen molar-refractivity contribution in [2.24, 2.45) is 0 Å². The van der Waals surface area contributed by atoms with Gasteiger partial charge in [0, 0.05) is 24.0 Å². The lowest BCUT2D eigenvalue weighted by Crippen LogP contribution is -2.26. The van der Waals surface area contributed by atoms with E-state index >= 15 is 0 Å². The summed E-state index contributed by atoms with van der Waals surface area (Å²) >= 11 is 5.97. The summed E-state index contributed by atoms with van der Waals surface area (Å²) in [5.74, 6) is -0.542. The lowest BCUT2D eigenvalue weighted by Gasteiger charge is -2.18. The number of carbonyl (C=O) groups excluding carboxylic acids is 1. The molecule has 0 aliphatic carbocycles. The molecule has 110 valence electrons. The second-order valence-corrected chi connectivity index (χ2v) is 5.15. The highest BCUT2D eigenvalue weighted by Crippen LogP contribution is 2.19. The molecule has 2 aromatic rings. The van der Waals surface area contributed by atoms with Crippen LogP contribution in [-0.4, -0.2) is 17.9 Å². The highest BCUT2D eigenvalue weighted by atomic mass is 35.5. The van der Waals surface area contributed by atoms with Gasteiger partial charge in [-0.15, -0.1) is 0 Å². The Bertz CT molecular complexity index is 643. The van der Waals surface area contributed by atoms with Crippen molar-refractivity contribution >= 4 is 23.2 Å². The molecule has 2 rings (SSSR count). The fourth-order valence-electron chi connectivity index (χ4n) is 2.03. The summed E-state index contributed by atoms with van der Waals surface area (Å²) in [5.41, 5.74) is 1.89. The average Bonchev–Trinajstić information content (AvgIpc) is 2.46. The van der Waals surface area contributed by atoms with Gasteiger partial charge in [0.25, 0.3) is 5.91 Å². The van der Waals surface area contributed by atoms with Crippen LogP contribution in [-0.2, 0) is 6.42 Å². The van der Waals surface area contributed by atoms with Gasteiger partial charge in [-0.2, -0.15) is 0 Å². The van der Waals surface area contributed by atoms with Gasteiger partial charge in [-0.3, -0.25) is 4.79 Å². The predicted octanol–water partition coefficient (Wildman–Crippen LogP) is 4.10. The van der Waals surface area contributed by atoms with E-state index in [9.17, 15) is 9.18 Å². The van der Waals surface area contributed by atoms with E-state index in [1.54, 1.807) is 31.3 Å². The molecule has 0 aliphatic heterocycles. The maximum absolute atomic E-state index is 12.9. The Hall–Kier alpha value is -1.94. The number of anilines is 1. The van der Waals surface area contributed by atoms with E-state index in [0.717, 1.165) is 18.5 Å². The summed E-state index contributed by atoms with van der Waals surface area (Å²) in [5, 5.41) is 0.303. The number of hydrogen-bond donors (Lipinski definition) is 0. The van der Waals surface area contributed by atoms with Gasteiger partial charge in [0.15, 0.2) is 0 Å². The zero-order valence-corrected chi connectivity index (χ0v) is 12.7. The van der Waals surface area contributed by atoms with E-state index in [0.29, 0.717) is 16.4 Å². The number of nitrogens with zero attached hydrogens (tertiary/aromatic N) is 2. The Morgan fingerprint density at radius 3 is 2.57 bits per heavy atom. The van der Waals surface area contributed by atoms with Crippen LogP contribution in [0.4, 0.5) is 10.1 Å². The number of amides is 1. The van der Waals surface area contributed by atoms with Gasteiger partial charge in [0.05, 0.1) is 0 Å². The van der Waals surface area contributed by atoms with Gasteiger partial charge < -0.3 is 4.90 Å². The van der Waals surface area contributed by atoms with Gasteiger partial charge in [0.1, 0.15) is 11.0 Å². The van der Waals surface area contributed by atoms with Crippen molar-refractivity contribution in [2.75, 3.05) is 11.9 Å². The van der Waals surface area contributed by atoms with Crippen molar-refractivity contribution in [3.63, 3.8) is 0 Å². The fraction of sp³-hybridized carbons (Fsp3) is 0.250. The fourth-order valence-corrected chi connectivity index (χ4v) is 2.26. The molecular weight excluding hydrogens is 291 g/mol. The predicted molar refractivity (Wildman–Crippen MR) is 82.4 cm³/mol. The van der Waals surface area contributed by atoms with Crippen LogP contribution in [0, 0.1) is 5.82 Å². The average molecular weight is 307 g/mol. The summed E-state index contributed by atoms with van der Waals surface area (Å²) < 4.78 is 12.9. The third kappa shape index (κ3) is 3.79. The lowest BCUT2D eigenvalue weighted by molar-refractivity contribution is 0.0992. The molecule has 1 aromatic heterocycles. The van der Waals surface area contributed by atoms with E-state index in [2.05, 4.69) is 4.98 Å². The van der Waals surface area contributed by atoms with Crippen LogP contribution in [0.1, 0.15) is 29.4 Å². The van der Waals surface area contributed by atoms with Crippen molar-refractivity contribution in [1.82, 2.24) is 4.98 Å². The quantitative estimate of drug-likeness (QED) is 0.797. The van der Waals surface area contributed by atoms with Crippen molar-refractivity contribution in [1.29, 1.82) is 0 Å². The van der Waals surface area contributed by atoms with Gasteiger partial charge >= 0.3 is 0 Å². The first kappa shape index (κ1) is 15.4. The number of carbonyl (C=O) groups is 1. The molecule has 0 aliphatic rings. The topological polar surface area (TPSA) is 33.2 Å². The van der Waals surface area contributed by atoms with E-state index < -0.39 is 0 Å². The molecule has 0 bridgehead atoms. The molecule has 0 N–H and O–H groups in total. The Balaban J connectivity index is 2.28. The van der Waals surface area contributed by atoms with Crippen LogP contribution in [0.15, 0.2) is 36.4 Å². The van der Waals surface area contributed by atoms with Gasteiger partial charge in [0.2, 0.25) is 0 Å². The van der Waals surface area contributed by atoms with Gasteiger partial charge in [-0.25, -0.2) is 9.37 Å². The Labute approximate surface area is 128 Å². The first-order valence-corrected chi connectivity index (χ1v) is 7.09. The summed E-state index contributed by atoms with van der Waals surface area (Å²) in [4.78, 5) is 18.1. The molecule has 5 heteroatoms. The Morgan fingerprint density at radius 1 is 1.29 bits per heavy atom. The standard InChI is InChI=1S/C16H16ClFN2O/c1-3-4-13-9-11(10-15(17)19-13)16(21)20(2)14-7-5-12(18)6-8-14/h5-10H,3-4H2,1-2H3. The van der Waals surface area contributed by atoms with E-state index in [1.165, 1.54) is 17.0 Å². The van der Waals surface area contributed by atoms with Crippen LogP contribution in [0.2, 0.25) is 5.15 Å². The first-order valence-electron chi connectivity index (χ1n) is 6.71. The molecule has 0 unspecified atom stereocenters. The Morgan fingerprint density at radius 2 is 1.95 bits per heavy atom. The molecule has 0 saturated carbocycles. The lowest BCUT2D eigenvalue weighted by atomic mass is 10.1. The number of aryl methyl sites for hydroxylation is 1. The molecule has 1 amide bonds. The molecule has 3 nitrogen and oxygen atoms in total. The minimum absolute atomic E-state index is 0.205. The molecule has 0 spiro atoms. The van der Waals surface area contributed by atoms with Crippen LogP contribution in [0.5, 0.6) is 0 Å². The van der Waals surface area contributed by atoms with Crippen LogP contribution in [0.3, 0.4) is 0 Å². The SMILES string of the molecule is CCCc1cc(C(=O)N(C)c2ccc(F)cc2)cc(Cl)n1. The normalized spacial score (nSPS) is 10.5. The smallest absolute Gasteiger partial charge is 0.258 e. The van der Waals surface area contributed by atoms with Crippen LogP contribution in [0.25, 0.3) is 0 Å². The zero-order valence-electron chi connectivity index (χ0n) is 11.9. The monoisotopic (exact) mass is 306 g/mol. The minimum Gasteiger partial charge on any atom is -0.311 e. The van der Waals surface area contributed by atoms with Crippen molar-refractivity contribution in [3.05, 3.63) is 58.6 Å². The molecule has 0 atom stereocenters. The summed E-state index contributed by atoms with van der Waals surface area (Å²) in [7, 11) is 1.64. The van der Waals surface area contributed by atoms with Gasteiger partial charge in [-0.1, -0.05) is 24.9 Å². The van der Waals surface area contributed by atoms with Crippen molar-refractivity contribution < 1.29 is 9.18 Å². The van der Waals surface area contributed by atoms with Crippen LogP contribution < -0.4 is 4.90 Å². The second-order valence-electron chi connectivity index (χ2n) is 4.76. The molecular formula is C16H16ClFN2O. The molecule has 0 radical (unpaired) electrons. The largest absolute Gasteiger partial charge is 0.311 e. The maximum atomic E-state index is 12.9. The summed E-state index contributed by atoms with van der Waals surface area (Å²) in [6, 6.07) is 9.05. The first-order chi connectivity index (χ1) is 10.0. The third-order valence-electron chi connectivity index (χ3n) is 3.12. The maximum Gasteiger partial charge on any atom is 0.258 e. The number of halogens is 2. The zero-order chi connectivity index (χ0) is 15.4. The molecule has 1 heterocycles. The summed E-state index contributed by atoms with van der Waals surface area (Å²) in [6.45, 7) is 2.04. The molecule has 21 heavy (non-hydrogen) atoms. The number of aromatic nitrogens is 1. The summed E-state index contributed by atoms with van der Waals surface area (Å²) in [6.07, 6.45) is 1.69. The van der Waals surface area contributed by atoms with E-state index in [-0.39, 0.29) is 11.7 Å². The van der Waals surface area contributed by atoms with Crippen LogP contribution >= 0.6 is 11.6 Å². The molecule has 1 aromatic carbocycles. The van der Waals surface area contributed by atoms with E-state index in [4.69, 9.17) is 11.6 Å². The number of benzene rings is 1. The van der Waals surface area contributed by atoms with Crippen molar-refractivity contribution in [2.45, 2.75) is 19.8 Å². The highest BCUT2D eigenvalue weighted by molar-refractivity contribution is 6.29. The molecule has 0 saturated heterocycles. The molecule has 0 fully saturated rings. The number of hydrogen-bond acceptors (Lipinski definition) is 2. The number of rotatable bonds is 4. The van der Waals surface area contributed by atoms with Gasteiger partial charge in [-0.05, 0) is 42.8 Å². The highest BCUT2D eigenvalue weighted by Gasteiger charge is 2.15. The Kier molecular flexibility index (Phi) is 4.91. The second kappa shape index (κ2) is 6.68. The minimum atomic E-state index is -0.336. The third-order valence-corrected chi connectivity index (χ3v) is 3.31. The number of pyridine rings is 1. The van der Waals surface area contributed by atoms with E-state index in [1.807, 2.05) is 6.92 Å².